The zero-order chi connectivity index (χ0) is 23.8. The van der Waals surface area contributed by atoms with E-state index < -0.39 is 23.6 Å². The minimum Gasteiger partial charge on any atom is -0.330 e. The summed E-state index contributed by atoms with van der Waals surface area (Å²) in [4.78, 5) is 27.1. The summed E-state index contributed by atoms with van der Waals surface area (Å²) in [7, 11) is 0. The molecule has 0 aliphatic carbocycles. The summed E-state index contributed by atoms with van der Waals surface area (Å²) in [6.45, 7) is 5.48. The topological polar surface area (TPSA) is 92.7 Å². The van der Waals surface area contributed by atoms with Crippen molar-refractivity contribution in [1.82, 2.24) is 5.01 Å². The highest BCUT2D eigenvalue weighted by molar-refractivity contribution is 6.35. The van der Waals surface area contributed by atoms with Gasteiger partial charge in [-0.15, -0.1) is 0 Å². The molecule has 0 saturated heterocycles. The van der Waals surface area contributed by atoms with Crippen LogP contribution in [0.2, 0.25) is 0 Å². The molecule has 3 rings (SSSR count). The van der Waals surface area contributed by atoms with Crippen molar-refractivity contribution >= 4 is 28.8 Å². The molecule has 6 nitrogen and oxygen atoms in total. The van der Waals surface area contributed by atoms with E-state index in [1.807, 2.05) is 19.9 Å². The van der Waals surface area contributed by atoms with Gasteiger partial charge in [0.15, 0.2) is 0 Å². The summed E-state index contributed by atoms with van der Waals surface area (Å²) in [5.41, 5.74) is 7.32. The molecule has 0 bridgehead atoms. The number of amides is 2. The van der Waals surface area contributed by atoms with Crippen molar-refractivity contribution < 1.29 is 22.8 Å². The van der Waals surface area contributed by atoms with Gasteiger partial charge >= 0.3 is 6.18 Å². The average Bonchev–Trinajstić information content (AvgIpc) is 3.00. The van der Waals surface area contributed by atoms with Gasteiger partial charge in [-0.25, -0.2) is 5.84 Å². The molecule has 9 heteroatoms. The Labute approximate surface area is 184 Å². The largest absolute Gasteiger partial charge is 0.416 e. The number of anilines is 2. The molecule has 0 aromatic heterocycles. The lowest BCUT2D eigenvalue weighted by atomic mass is 10.0. The van der Waals surface area contributed by atoms with Crippen LogP contribution in [0.5, 0.6) is 0 Å². The Morgan fingerprint density at radius 3 is 2.28 bits per heavy atom. The zero-order valence-corrected chi connectivity index (χ0v) is 18.1. The lowest BCUT2D eigenvalue weighted by molar-refractivity contribution is -0.137. The van der Waals surface area contributed by atoms with Crippen molar-refractivity contribution in [3.63, 3.8) is 0 Å². The van der Waals surface area contributed by atoms with Gasteiger partial charge in [-0.2, -0.15) is 13.2 Å². The monoisotopic (exact) mass is 446 g/mol. The molecule has 2 aromatic rings. The number of hydrogen-bond donors (Lipinski definition) is 2. The van der Waals surface area contributed by atoms with Crippen LogP contribution in [0.4, 0.5) is 24.5 Å². The van der Waals surface area contributed by atoms with Crippen LogP contribution in [-0.4, -0.2) is 23.4 Å². The number of fused-ring (bicyclic) bond motifs is 1. The summed E-state index contributed by atoms with van der Waals surface area (Å²) in [5.74, 6) is 4.98. The number of carbonyl (C=O) groups is 2. The summed E-state index contributed by atoms with van der Waals surface area (Å²) < 4.78 is 40.3. The van der Waals surface area contributed by atoms with Crippen LogP contribution >= 0.6 is 0 Å². The minimum atomic E-state index is -4.58. The van der Waals surface area contributed by atoms with Crippen LogP contribution in [0.3, 0.4) is 0 Å². The normalized spacial score (nSPS) is 15.1. The first kappa shape index (κ1) is 23.5. The first-order chi connectivity index (χ1) is 15.0. The standard InChI is InChI=1S/C23H25F3N4O2/c1-13-9-14(2)11-17(10-13)29-19-12-16(23(24,25)26)6-7-18(19)21(22(29)32)15(3)30(28)20(31)5-4-8-27/h6-7,9-12H,4-5,8,27-28H2,1-3H3/b21-15-. The maximum atomic E-state index is 13.5. The molecule has 2 amide bonds. The number of nitrogens with zero attached hydrogens (tertiary/aromatic N) is 2. The van der Waals surface area contributed by atoms with E-state index in [9.17, 15) is 22.8 Å². The third kappa shape index (κ3) is 4.39. The van der Waals surface area contributed by atoms with E-state index >= 15 is 0 Å². The minimum absolute atomic E-state index is 0.0801. The third-order valence-electron chi connectivity index (χ3n) is 5.30. The van der Waals surface area contributed by atoms with Gasteiger partial charge in [-0.05, 0) is 69.1 Å². The lowest BCUT2D eigenvalue weighted by Crippen LogP contribution is -2.37. The Kier molecular flexibility index (Phi) is 6.43. The smallest absolute Gasteiger partial charge is 0.330 e. The van der Waals surface area contributed by atoms with Gasteiger partial charge in [-0.1, -0.05) is 12.1 Å². The van der Waals surface area contributed by atoms with E-state index in [4.69, 9.17) is 11.6 Å². The van der Waals surface area contributed by atoms with Crippen LogP contribution in [0.25, 0.3) is 5.57 Å². The van der Waals surface area contributed by atoms with Crippen molar-refractivity contribution in [2.75, 3.05) is 11.4 Å². The SMILES string of the molecule is C/C(=C1/C(=O)N(c2cc(C)cc(C)c2)c2cc(C(F)(F)F)ccc21)N(N)C(=O)CCCN. The van der Waals surface area contributed by atoms with Crippen molar-refractivity contribution in [2.45, 2.75) is 39.8 Å². The molecule has 1 aliphatic rings. The molecular formula is C23H25F3N4O2. The number of halogens is 3. The first-order valence-corrected chi connectivity index (χ1v) is 10.1. The number of alkyl halides is 3. The van der Waals surface area contributed by atoms with Crippen LogP contribution in [-0.2, 0) is 15.8 Å². The highest BCUT2D eigenvalue weighted by Gasteiger charge is 2.39. The van der Waals surface area contributed by atoms with Gasteiger partial charge in [-0.3, -0.25) is 19.5 Å². The Balaban J connectivity index is 2.21. The summed E-state index contributed by atoms with van der Waals surface area (Å²) in [6, 6.07) is 8.45. The summed E-state index contributed by atoms with van der Waals surface area (Å²) in [5, 5.41) is 0.870. The fourth-order valence-corrected chi connectivity index (χ4v) is 3.81. The van der Waals surface area contributed by atoms with Crippen molar-refractivity contribution in [3.8, 4) is 0 Å². The molecule has 4 N–H and O–H groups in total. The second-order valence-corrected chi connectivity index (χ2v) is 7.83. The molecule has 0 atom stereocenters. The summed E-state index contributed by atoms with van der Waals surface area (Å²) >= 11 is 0. The highest BCUT2D eigenvalue weighted by Crippen LogP contribution is 2.45. The molecule has 170 valence electrons. The van der Waals surface area contributed by atoms with E-state index in [2.05, 4.69) is 0 Å². The molecule has 32 heavy (non-hydrogen) atoms. The van der Waals surface area contributed by atoms with E-state index in [1.54, 1.807) is 12.1 Å². The first-order valence-electron chi connectivity index (χ1n) is 10.1. The van der Waals surface area contributed by atoms with E-state index in [0.717, 1.165) is 28.3 Å². The zero-order valence-electron chi connectivity index (χ0n) is 18.1. The number of hydrogen-bond acceptors (Lipinski definition) is 4. The predicted octanol–water partition coefficient (Wildman–Crippen LogP) is 4.17. The summed E-state index contributed by atoms with van der Waals surface area (Å²) in [6.07, 6.45) is -4.07. The second kappa shape index (κ2) is 8.76. The Hall–Kier alpha value is -3.17. The van der Waals surface area contributed by atoms with Crippen molar-refractivity contribution in [1.29, 1.82) is 0 Å². The Morgan fingerprint density at radius 2 is 1.72 bits per heavy atom. The fraction of sp³-hybridized carbons (Fsp3) is 0.304. The molecule has 2 aromatic carbocycles. The van der Waals surface area contributed by atoms with Crippen molar-refractivity contribution in [3.05, 3.63) is 64.3 Å². The maximum absolute atomic E-state index is 13.5. The van der Waals surface area contributed by atoms with E-state index in [-0.39, 0.29) is 28.9 Å². The molecule has 0 radical (unpaired) electrons. The van der Waals surface area contributed by atoms with Gasteiger partial charge < -0.3 is 5.73 Å². The molecule has 0 saturated carbocycles. The molecule has 1 aliphatic heterocycles. The average molecular weight is 446 g/mol. The van der Waals surface area contributed by atoms with Gasteiger partial charge in [0.05, 0.1) is 16.8 Å². The highest BCUT2D eigenvalue weighted by atomic mass is 19.4. The molecule has 0 unspecified atom stereocenters. The maximum Gasteiger partial charge on any atom is 0.416 e. The number of carbonyl (C=O) groups excluding carboxylic acids is 2. The quantitative estimate of drug-likeness (QED) is 0.312. The molecule has 1 heterocycles. The van der Waals surface area contributed by atoms with Crippen molar-refractivity contribution in [2.24, 2.45) is 11.6 Å². The number of allylic oxidation sites excluding steroid dienone is 1. The Morgan fingerprint density at radius 1 is 1.09 bits per heavy atom. The Bertz CT molecular complexity index is 1090. The fourth-order valence-electron chi connectivity index (χ4n) is 3.81. The van der Waals surface area contributed by atoms with Gasteiger partial charge in [0.1, 0.15) is 0 Å². The van der Waals surface area contributed by atoms with Crippen LogP contribution in [0.15, 0.2) is 42.1 Å². The number of hydrazine groups is 1. The van der Waals surface area contributed by atoms with Gasteiger partial charge in [0.2, 0.25) is 5.91 Å². The van der Waals surface area contributed by atoms with Crippen LogP contribution in [0, 0.1) is 13.8 Å². The third-order valence-corrected chi connectivity index (χ3v) is 5.30. The number of benzene rings is 2. The van der Waals surface area contributed by atoms with Gasteiger partial charge in [0.25, 0.3) is 5.91 Å². The van der Waals surface area contributed by atoms with Crippen LogP contribution in [0.1, 0.15) is 42.0 Å². The lowest BCUT2D eigenvalue weighted by Gasteiger charge is -2.21. The number of rotatable bonds is 5. The van der Waals surface area contributed by atoms with E-state index in [0.29, 0.717) is 18.7 Å². The van der Waals surface area contributed by atoms with E-state index in [1.165, 1.54) is 17.9 Å². The number of aryl methyl sites for hydroxylation is 2. The number of nitrogens with two attached hydrogens (primary N) is 2. The molecule has 0 spiro atoms. The van der Waals surface area contributed by atoms with Crippen LogP contribution < -0.4 is 16.5 Å². The molecular weight excluding hydrogens is 421 g/mol. The second-order valence-electron chi connectivity index (χ2n) is 7.83. The van der Waals surface area contributed by atoms with Gasteiger partial charge in [0, 0.05) is 23.4 Å². The molecule has 0 fully saturated rings. The predicted molar refractivity (Wildman–Crippen MR) is 116 cm³/mol.